The Bertz CT molecular complexity index is 832. The van der Waals surface area contributed by atoms with Gasteiger partial charge in [-0.05, 0) is 19.1 Å². The molecule has 1 saturated heterocycles. The zero-order chi connectivity index (χ0) is 17.8. The van der Waals surface area contributed by atoms with Crippen molar-refractivity contribution in [3.8, 4) is 0 Å². The molecule has 1 fully saturated rings. The average molecular weight is 357 g/mol. The van der Waals surface area contributed by atoms with Gasteiger partial charge in [-0.2, -0.15) is 5.10 Å². The summed E-state index contributed by atoms with van der Waals surface area (Å²) in [5, 5.41) is 14.2. The number of amidine groups is 1. The van der Waals surface area contributed by atoms with E-state index in [1.165, 1.54) is 0 Å². The van der Waals surface area contributed by atoms with Gasteiger partial charge in [0, 0.05) is 52.7 Å². The van der Waals surface area contributed by atoms with Crippen LogP contribution in [0.25, 0.3) is 5.70 Å². The fourth-order valence-electron chi connectivity index (χ4n) is 2.50. The number of aromatic nitrogens is 2. The van der Waals surface area contributed by atoms with Crippen molar-refractivity contribution in [1.29, 1.82) is 0 Å². The molecule has 7 heteroatoms. The van der Waals surface area contributed by atoms with Crippen molar-refractivity contribution in [2.75, 3.05) is 13.1 Å². The zero-order valence-electron chi connectivity index (χ0n) is 14.0. The van der Waals surface area contributed by atoms with Crippen molar-refractivity contribution in [3.05, 3.63) is 65.0 Å². The highest BCUT2D eigenvalue weighted by atomic mass is 35.5. The third kappa shape index (κ3) is 4.29. The van der Waals surface area contributed by atoms with E-state index in [4.69, 9.17) is 17.3 Å². The van der Waals surface area contributed by atoms with Crippen molar-refractivity contribution >= 4 is 29.0 Å². The van der Waals surface area contributed by atoms with Gasteiger partial charge in [-0.3, -0.25) is 5.10 Å². The highest BCUT2D eigenvalue weighted by Crippen LogP contribution is 2.23. The standard InChI is InChI=1S/C18H21ClN6/c1-11-7-18(25-24-11)23-17(20)8-16(13-9-21-10-13)22-12(2)14-5-3-4-6-15(14)19/h3-8,13,21-22H,2,9-10H2,1H3,(H3,20,23,24,25). The minimum atomic E-state index is 0.328. The summed E-state index contributed by atoms with van der Waals surface area (Å²) in [4.78, 5) is 4.32. The van der Waals surface area contributed by atoms with Crippen molar-refractivity contribution in [2.45, 2.75) is 6.92 Å². The highest BCUT2D eigenvalue weighted by Gasteiger charge is 2.22. The van der Waals surface area contributed by atoms with Crippen LogP contribution in [0, 0.1) is 12.8 Å². The Morgan fingerprint density at radius 2 is 2.20 bits per heavy atom. The lowest BCUT2D eigenvalue weighted by Gasteiger charge is -2.31. The number of halogens is 1. The first kappa shape index (κ1) is 17.3. The Morgan fingerprint density at radius 3 is 2.80 bits per heavy atom. The number of hydrogen-bond acceptors (Lipinski definition) is 4. The van der Waals surface area contributed by atoms with Crippen molar-refractivity contribution < 1.29 is 0 Å². The Labute approximate surface area is 151 Å². The first-order chi connectivity index (χ1) is 12.0. The van der Waals surface area contributed by atoms with E-state index in [1.807, 2.05) is 43.3 Å². The number of rotatable bonds is 6. The van der Waals surface area contributed by atoms with Crippen LogP contribution in [-0.2, 0) is 0 Å². The molecule has 0 radical (unpaired) electrons. The lowest BCUT2D eigenvalue weighted by atomic mass is 9.97. The maximum absolute atomic E-state index is 6.25. The Balaban J connectivity index is 1.81. The summed E-state index contributed by atoms with van der Waals surface area (Å²) in [6, 6.07) is 9.42. The van der Waals surface area contributed by atoms with Gasteiger partial charge >= 0.3 is 0 Å². The van der Waals surface area contributed by atoms with E-state index in [0.29, 0.717) is 22.6 Å². The topological polar surface area (TPSA) is 91.1 Å². The maximum atomic E-state index is 6.25. The van der Waals surface area contributed by atoms with Crippen molar-refractivity contribution in [3.63, 3.8) is 0 Å². The van der Waals surface area contributed by atoms with Crippen LogP contribution in [0.2, 0.25) is 5.02 Å². The fraction of sp³-hybridized carbons (Fsp3) is 0.222. The minimum Gasteiger partial charge on any atom is -0.384 e. The molecule has 130 valence electrons. The van der Waals surface area contributed by atoms with Gasteiger partial charge in [0.1, 0.15) is 5.84 Å². The lowest BCUT2D eigenvalue weighted by molar-refractivity contribution is 0.389. The van der Waals surface area contributed by atoms with E-state index in [1.54, 1.807) is 0 Å². The van der Waals surface area contributed by atoms with Crippen LogP contribution in [0.15, 0.2) is 53.7 Å². The second-order valence-corrected chi connectivity index (χ2v) is 6.39. The van der Waals surface area contributed by atoms with E-state index < -0.39 is 0 Å². The second kappa shape index (κ2) is 7.55. The molecular weight excluding hydrogens is 336 g/mol. The third-order valence-electron chi connectivity index (χ3n) is 3.95. The van der Waals surface area contributed by atoms with Crippen molar-refractivity contribution in [2.24, 2.45) is 16.6 Å². The summed E-state index contributed by atoms with van der Waals surface area (Å²) in [5.41, 5.74) is 9.56. The van der Waals surface area contributed by atoms with Gasteiger partial charge < -0.3 is 16.4 Å². The van der Waals surface area contributed by atoms with Crippen LogP contribution >= 0.6 is 11.6 Å². The number of nitrogens with zero attached hydrogens (tertiary/aromatic N) is 2. The Hall–Kier alpha value is -2.57. The van der Waals surface area contributed by atoms with Gasteiger partial charge in [0.2, 0.25) is 0 Å². The number of aryl methyl sites for hydroxylation is 1. The average Bonchev–Trinajstić information content (AvgIpc) is 2.90. The predicted octanol–water partition coefficient (Wildman–Crippen LogP) is 2.72. The molecule has 0 saturated carbocycles. The smallest absolute Gasteiger partial charge is 0.175 e. The van der Waals surface area contributed by atoms with Gasteiger partial charge in [-0.25, -0.2) is 4.99 Å². The molecule has 6 nitrogen and oxygen atoms in total. The molecular formula is C18H21ClN6. The molecule has 2 heterocycles. The predicted molar refractivity (Wildman–Crippen MR) is 103 cm³/mol. The molecule has 0 aliphatic carbocycles. The third-order valence-corrected chi connectivity index (χ3v) is 4.28. The molecule has 1 aromatic heterocycles. The molecule has 0 bridgehead atoms. The molecule has 1 aromatic carbocycles. The number of aromatic amines is 1. The van der Waals surface area contributed by atoms with Crippen LogP contribution in [0.1, 0.15) is 11.3 Å². The summed E-state index contributed by atoms with van der Waals surface area (Å²) in [7, 11) is 0. The summed E-state index contributed by atoms with van der Waals surface area (Å²) in [5.74, 6) is 1.27. The van der Waals surface area contributed by atoms with Gasteiger partial charge in [0.05, 0.1) is 0 Å². The molecule has 2 aromatic rings. The highest BCUT2D eigenvalue weighted by molar-refractivity contribution is 6.32. The van der Waals surface area contributed by atoms with Gasteiger partial charge in [0.25, 0.3) is 0 Å². The van der Waals surface area contributed by atoms with E-state index in [2.05, 4.69) is 32.4 Å². The second-order valence-electron chi connectivity index (χ2n) is 5.98. The molecule has 0 atom stereocenters. The van der Waals surface area contributed by atoms with Gasteiger partial charge in [-0.15, -0.1) is 0 Å². The van der Waals surface area contributed by atoms with E-state index >= 15 is 0 Å². The molecule has 25 heavy (non-hydrogen) atoms. The van der Waals surface area contributed by atoms with E-state index in [0.717, 1.165) is 35.7 Å². The van der Waals surface area contributed by atoms with E-state index in [-0.39, 0.29) is 0 Å². The van der Waals surface area contributed by atoms with Crippen LogP contribution in [0.4, 0.5) is 5.82 Å². The first-order valence-electron chi connectivity index (χ1n) is 8.02. The number of H-pyrrole nitrogens is 1. The molecule has 0 amide bonds. The summed E-state index contributed by atoms with van der Waals surface area (Å²) in [6.07, 6.45) is 1.83. The summed E-state index contributed by atoms with van der Waals surface area (Å²) >= 11 is 6.25. The number of nitrogens with two attached hydrogens (primary N) is 1. The molecule has 0 spiro atoms. The Kier molecular flexibility index (Phi) is 5.21. The number of aliphatic imine (C=N–C) groups is 1. The SMILES string of the molecule is C=C(NC(=CC(N)=Nc1cc(C)[nH]n1)C1CNC1)c1ccccc1Cl. The largest absolute Gasteiger partial charge is 0.384 e. The van der Waals surface area contributed by atoms with Crippen LogP contribution in [-0.4, -0.2) is 29.1 Å². The normalized spacial score (nSPS) is 15.8. The monoisotopic (exact) mass is 356 g/mol. The summed E-state index contributed by atoms with van der Waals surface area (Å²) in [6.45, 7) is 7.78. The fourth-order valence-corrected chi connectivity index (χ4v) is 2.75. The maximum Gasteiger partial charge on any atom is 0.175 e. The van der Waals surface area contributed by atoms with E-state index in [9.17, 15) is 0 Å². The van der Waals surface area contributed by atoms with Crippen molar-refractivity contribution in [1.82, 2.24) is 20.8 Å². The first-order valence-corrected chi connectivity index (χ1v) is 8.40. The lowest BCUT2D eigenvalue weighted by Crippen LogP contribution is -2.45. The molecule has 3 rings (SSSR count). The molecule has 5 N–H and O–H groups in total. The van der Waals surface area contributed by atoms with Gasteiger partial charge in [-0.1, -0.05) is 36.4 Å². The number of nitrogens with one attached hydrogen (secondary N) is 3. The Morgan fingerprint density at radius 1 is 1.44 bits per heavy atom. The van der Waals surface area contributed by atoms with Gasteiger partial charge in [0.15, 0.2) is 5.82 Å². The van der Waals surface area contributed by atoms with Crippen LogP contribution in [0.3, 0.4) is 0 Å². The number of benzene rings is 1. The molecule has 1 aliphatic heterocycles. The molecule has 1 aliphatic rings. The quantitative estimate of drug-likeness (QED) is 0.473. The minimum absolute atomic E-state index is 0.328. The molecule has 0 unspecified atom stereocenters. The van der Waals surface area contributed by atoms with Crippen LogP contribution in [0.5, 0.6) is 0 Å². The zero-order valence-corrected chi connectivity index (χ0v) is 14.8. The van der Waals surface area contributed by atoms with Crippen LogP contribution < -0.4 is 16.4 Å². The summed E-state index contributed by atoms with van der Waals surface area (Å²) < 4.78 is 0. The number of hydrogen-bond donors (Lipinski definition) is 4.